The minimum absolute atomic E-state index is 0.0852. The van der Waals surface area contributed by atoms with Crippen LogP contribution in [0.4, 0.5) is 39.9 Å². The zero-order chi connectivity index (χ0) is 32.3. The van der Waals surface area contributed by atoms with Crippen LogP contribution < -0.4 is 14.2 Å². The van der Waals surface area contributed by atoms with E-state index in [9.17, 15) is 49.8 Å². The van der Waals surface area contributed by atoms with Crippen molar-refractivity contribution in [2.24, 2.45) is 0 Å². The molecule has 43 heavy (non-hydrogen) atoms. The van der Waals surface area contributed by atoms with Gasteiger partial charge in [0.1, 0.15) is 23.9 Å². The lowest BCUT2D eigenvalue weighted by Gasteiger charge is -2.23. The summed E-state index contributed by atoms with van der Waals surface area (Å²) in [6.07, 6.45) is -18.8. The van der Waals surface area contributed by atoms with Crippen molar-refractivity contribution < 1.29 is 73.5 Å². The molecule has 0 radical (unpaired) electrons. The first-order valence-corrected chi connectivity index (χ1v) is 12.5. The predicted molar refractivity (Wildman–Crippen MR) is 131 cm³/mol. The molecule has 1 atom stereocenters. The highest BCUT2D eigenvalue weighted by molar-refractivity contribution is 5.72. The van der Waals surface area contributed by atoms with E-state index in [0.717, 1.165) is 29.2 Å². The summed E-state index contributed by atoms with van der Waals surface area (Å²) in [4.78, 5) is 24.8. The van der Waals surface area contributed by atoms with Gasteiger partial charge in [-0.05, 0) is 55.3 Å². The quantitative estimate of drug-likeness (QED) is 0.176. The van der Waals surface area contributed by atoms with E-state index >= 15 is 0 Å². The van der Waals surface area contributed by atoms with Gasteiger partial charge in [-0.3, -0.25) is 0 Å². The van der Waals surface area contributed by atoms with Gasteiger partial charge in [-0.25, -0.2) is 9.59 Å². The highest BCUT2D eigenvalue weighted by atomic mass is 19.4. The fourth-order valence-corrected chi connectivity index (χ4v) is 3.33. The van der Waals surface area contributed by atoms with Gasteiger partial charge >= 0.3 is 30.7 Å². The number of nitrogens with zero attached hydrogens (tertiary/aromatic N) is 1. The number of benzene rings is 2. The molecule has 17 heteroatoms. The maximum Gasteiger partial charge on any atom is 0.573 e. The zero-order valence-electron chi connectivity index (χ0n) is 22.4. The van der Waals surface area contributed by atoms with E-state index in [1.807, 2.05) is 0 Å². The van der Waals surface area contributed by atoms with Crippen LogP contribution >= 0.6 is 0 Å². The molecule has 0 aliphatic heterocycles. The maximum atomic E-state index is 13.0. The van der Waals surface area contributed by atoms with E-state index in [1.165, 1.54) is 12.1 Å². The highest BCUT2D eigenvalue weighted by Crippen LogP contribution is 2.36. The monoisotopic (exact) mass is 633 g/mol. The summed E-state index contributed by atoms with van der Waals surface area (Å²) in [7, 11) is 0. The Morgan fingerprint density at radius 1 is 0.837 bits per heavy atom. The molecule has 2 aromatic carbocycles. The summed E-state index contributed by atoms with van der Waals surface area (Å²) < 4.78 is 123. The molecule has 9 nitrogen and oxygen atoms in total. The lowest BCUT2D eigenvalue weighted by atomic mass is 10.1. The van der Waals surface area contributed by atoms with Gasteiger partial charge in [-0.2, -0.15) is 22.0 Å². The number of carboxylic acid groups (broad SMARTS) is 1. The fraction of sp³-hybridized carbons (Fsp3) is 0.462. The van der Waals surface area contributed by atoms with Crippen LogP contribution in [0.3, 0.4) is 0 Å². The number of aliphatic carboxylic acids is 1. The van der Waals surface area contributed by atoms with Gasteiger partial charge in [0.05, 0.1) is 13.2 Å². The van der Waals surface area contributed by atoms with Gasteiger partial charge in [0.25, 0.3) is 0 Å². The van der Waals surface area contributed by atoms with Crippen LogP contribution in [0.15, 0.2) is 48.5 Å². The molecule has 0 heterocycles. The number of rotatable bonds is 16. The van der Waals surface area contributed by atoms with Crippen molar-refractivity contribution in [2.45, 2.75) is 44.5 Å². The Bertz CT molecular complexity index is 1160. The third-order valence-corrected chi connectivity index (χ3v) is 5.32. The van der Waals surface area contributed by atoms with Crippen LogP contribution in [0.25, 0.3) is 0 Å². The summed E-state index contributed by atoms with van der Waals surface area (Å²) in [6, 6.07) is 9.91. The van der Waals surface area contributed by atoms with Crippen LogP contribution in [0.1, 0.15) is 18.9 Å². The number of halogens is 8. The molecular formula is C26H27F8NO8. The molecule has 240 valence electrons. The maximum absolute atomic E-state index is 13.0. The Labute approximate surface area is 239 Å². The molecule has 0 bridgehead atoms. The molecule has 0 saturated heterocycles. The molecule has 1 amide bonds. The Hall–Kier alpha value is -3.86. The van der Waals surface area contributed by atoms with Crippen molar-refractivity contribution in [2.75, 3.05) is 32.9 Å². The average molecular weight is 633 g/mol. The smallest absolute Gasteiger partial charge is 0.492 e. The number of carbonyl (C=O) groups excluding carboxylic acids is 1. The second kappa shape index (κ2) is 15.6. The zero-order valence-corrected chi connectivity index (χ0v) is 22.4. The van der Waals surface area contributed by atoms with Crippen LogP contribution in [0.2, 0.25) is 0 Å². The van der Waals surface area contributed by atoms with E-state index in [-0.39, 0.29) is 31.9 Å². The van der Waals surface area contributed by atoms with Crippen molar-refractivity contribution in [1.29, 1.82) is 0 Å². The molecule has 2 rings (SSSR count). The number of carboxylic acids is 1. The number of carbonyl (C=O) groups is 2. The molecule has 0 aromatic heterocycles. The second-order valence-corrected chi connectivity index (χ2v) is 8.57. The SMILES string of the molecule is CCOC(Cc1ccc(OCCN(CCCOC(F)(F)C(F)(F)F)C(=O)Oc2ccc(OC(F)(F)F)cc2)cc1)C(=O)O. The van der Waals surface area contributed by atoms with Gasteiger partial charge in [0.15, 0.2) is 6.10 Å². The molecule has 0 aliphatic rings. The summed E-state index contributed by atoms with van der Waals surface area (Å²) in [5.74, 6) is -1.64. The number of amides is 1. The molecule has 0 spiro atoms. The largest absolute Gasteiger partial charge is 0.573 e. The normalized spacial score (nSPS) is 12.9. The first-order chi connectivity index (χ1) is 20.0. The molecule has 1 unspecified atom stereocenters. The predicted octanol–water partition coefficient (Wildman–Crippen LogP) is 6.06. The molecule has 1 N–H and O–H groups in total. The van der Waals surface area contributed by atoms with Crippen LogP contribution in [-0.4, -0.2) is 79.7 Å². The van der Waals surface area contributed by atoms with E-state index < -0.39 is 62.1 Å². The molecule has 0 saturated carbocycles. The van der Waals surface area contributed by atoms with Crippen LogP contribution in [0, 0.1) is 0 Å². The van der Waals surface area contributed by atoms with Crippen LogP contribution in [0.5, 0.6) is 17.2 Å². The molecule has 2 aromatic rings. The number of hydrogen-bond acceptors (Lipinski definition) is 7. The minimum atomic E-state index is -5.94. The number of ether oxygens (including phenoxy) is 5. The van der Waals surface area contributed by atoms with E-state index in [1.54, 1.807) is 19.1 Å². The van der Waals surface area contributed by atoms with Gasteiger partial charge < -0.3 is 33.7 Å². The van der Waals surface area contributed by atoms with Crippen LogP contribution in [-0.2, 0) is 20.7 Å². The Kier molecular flexibility index (Phi) is 12.8. The van der Waals surface area contributed by atoms with E-state index in [2.05, 4.69) is 9.47 Å². The average Bonchev–Trinajstić information content (AvgIpc) is 2.90. The summed E-state index contributed by atoms with van der Waals surface area (Å²) >= 11 is 0. The lowest BCUT2D eigenvalue weighted by Crippen LogP contribution is -2.41. The lowest BCUT2D eigenvalue weighted by molar-refractivity contribution is -0.391. The van der Waals surface area contributed by atoms with Gasteiger partial charge in [-0.15, -0.1) is 13.2 Å². The third kappa shape index (κ3) is 12.5. The van der Waals surface area contributed by atoms with Crippen molar-refractivity contribution >= 4 is 12.1 Å². The summed E-state index contributed by atoms with van der Waals surface area (Å²) in [6.45, 7) is -0.106. The minimum Gasteiger partial charge on any atom is -0.492 e. The summed E-state index contributed by atoms with van der Waals surface area (Å²) in [5, 5.41) is 9.20. The first kappa shape index (κ1) is 35.3. The Morgan fingerprint density at radius 3 is 1.95 bits per heavy atom. The Morgan fingerprint density at radius 2 is 1.42 bits per heavy atom. The Balaban J connectivity index is 2.01. The molecular weight excluding hydrogens is 606 g/mol. The van der Waals surface area contributed by atoms with Crippen molar-refractivity contribution in [1.82, 2.24) is 4.90 Å². The number of hydrogen-bond donors (Lipinski definition) is 1. The standard InChI is InChI=1S/C26H27F8NO8/c1-2-39-21(22(36)37)16-17-4-6-18(7-5-17)40-15-13-35(12-3-14-41-25(30,31)24(27,28)29)23(38)42-19-8-10-20(11-9-19)43-26(32,33)34/h4-11,21H,2-3,12-16H2,1H3,(H,36,37). The summed E-state index contributed by atoms with van der Waals surface area (Å²) in [5.41, 5.74) is 0.626. The molecule has 0 fully saturated rings. The fourth-order valence-electron chi connectivity index (χ4n) is 3.33. The van der Waals surface area contributed by atoms with E-state index in [4.69, 9.17) is 14.2 Å². The van der Waals surface area contributed by atoms with Gasteiger partial charge in [-0.1, -0.05) is 12.1 Å². The van der Waals surface area contributed by atoms with Crippen molar-refractivity contribution in [3.63, 3.8) is 0 Å². The van der Waals surface area contributed by atoms with E-state index in [0.29, 0.717) is 11.3 Å². The second-order valence-electron chi connectivity index (χ2n) is 8.57. The first-order valence-electron chi connectivity index (χ1n) is 12.5. The van der Waals surface area contributed by atoms with Crippen molar-refractivity contribution in [3.8, 4) is 17.2 Å². The third-order valence-electron chi connectivity index (χ3n) is 5.32. The topological polar surface area (TPSA) is 104 Å². The van der Waals surface area contributed by atoms with Gasteiger partial charge in [0, 0.05) is 19.6 Å². The van der Waals surface area contributed by atoms with Crippen molar-refractivity contribution in [3.05, 3.63) is 54.1 Å². The molecule has 0 aliphatic carbocycles. The highest BCUT2D eigenvalue weighted by Gasteiger charge is 2.59. The van der Waals surface area contributed by atoms with Gasteiger partial charge in [0.2, 0.25) is 0 Å². The number of alkyl halides is 8.